The van der Waals surface area contributed by atoms with Crippen LogP contribution in [-0.2, 0) is 30.5 Å². The van der Waals surface area contributed by atoms with Crippen molar-refractivity contribution in [1.82, 2.24) is 25.2 Å². The predicted molar refractivity (Wildman–Crippen MR) is 127 cm³/mol. The molecule has 5 atom stereocenters. The van der Waals surface area contributed by atoms with Crippen molar-refractivity contribution in [3.63, 3.8) is 0 Å². The average Bonchev–Trinajstić information content (AvgIpc) is 3.62. The molecule has 0 radical (unpaired) electrons. The van der Waals surface area contributed by atoms with Gasteiger partial charge in [-0.1, -0.05) is 30.2 Å². The van der Waals surface area contributed by atoms with Crippen LogP contribution in [0.3, 0.4) is 0 Å². The molecule has 2 amide bonds. The van der Waals surface area contributed by atoms with E-state index in [1.165, 1.54) is 0 Å². The van der Waals surface area contributed by atoms with Gasteiger partial charge in [0.1, 0.15) is 23.8 Å². The van der Waals surface area contributed by atoms with E-state index in [0.717, 1.165) is 23.9 Å². The second-order valence-electron chi connectivity index (χ2n) is 9.75. The summed E-state index contributed by atoms with van der Waals surface area (Å²) in [4.78, 5) is 41.9. The van der Waals surface area contributed by atoms with Gasteiger partial charge in [-0.3, -0.25) is 14.4 Å². The number of hydrogen-bond donors (Lipinski definition) is 2. The lowest BCUT2D eigenvalue weighted by Crippen LogP contribution is -2.55. The number of aromatic nitrogens is 3. The highest BCUT2D eigenvalue weighted by Crippen LogP contribution is 2.58. The summed E-state index contributed by atoms with van der Waals surface area (Å²) in [6.45, 7) is 2.57. The first-order valence-corrected chi connectivity index (χ1v) is 12.8. The second-order valence-corrected chi connectivity index (χ2v) is 9.75. The van der Waals surface area contributed by atoms with Gasteiger partial charge < -0.3 is 24.8 Å². The minimum atomic E-state index is -1.04. The SMILES string of the molecule is CCOC(=O)[C@@H]1[C@@H]2CCC3(O2)C(C(=O)NCn2nnc4ccccc42)N(CCCCCCO)C(=O)[C@H]13. The summed E-state index contributed by atoms with van der Waals surface area (Å²) in [7, 11) is 0. The second kappa shape index (κ2) is 10.1. The molecule has 2 N–H and O–H groups in total. The van der Waals surface area contributed by atoms with E-state index in [1.807, 2.05) is 24.3 Å². The molecular formula is C25H33N5O6. The van der Waals surface area contributed by atoms with Crippen LogP contribution in [0, 0.1) is 11.8 Å². The molecule has 2 bridgehead atoms. The number of amides is 2. The number of para-hydroxylation sites is 1. The van der Waals surface area contributed by atoms with Crippen LogP contribution in [0.2, 0.25) is 0 Å². The number of benzene rings is 1. The first kappa shape index (κ1) is 24.6. The van der Waals surface area contributed by atoms with Gasteiger partial charge in [0.2, 0.25) is 11.8 Å². The first-order valence-electron chi connectivity index (χ1n) is 12.8. The highest BCUT2D eigenvalue weighted by molar-refractivity contribution is 5.98. The summed E-state index contributed by atoms with van der Waals surface area (Å²) in [5, 5.41) is 20.2. The summed E-state index contributed by atoms with van der Waals surface area (Å²) < 4.78 is 13.3. The minimum Gasteiger partial charge on any atom is -0.466 e. The van der Waals surface area contributed by atoms with Gasteiger partial charge in [-0.25, -0.2) is 4.68 Å². The number of carbonyl (C=O) groups excluding carboxylic acids is 3. The van der Waals surface area contributed by atoms with E-state index in [1.54, 1.807) is 16.5 Å². The number of nitrogens with zero attached hydrogens (tertiary/aromatic N) is 4. The Kier molecular flexibility index (Phi) is 6.94. The number of fused-ring (bicyclic) bond motifs is 2. The summed E-state index contributed by atoms with van der Waals surface area (Å²) in [6.07, 6.45) is 3.79. The zero-order valence-corrected chi connectivity index (χ0v) is 20.5. The van der Waals surface area contributed by atoms with Crippen LogP contribution < -0.4 is 5.32 Å². The largest absolute Gasteiger partial charge is 0.466 e. The number of ether oxygens (including phenoxy) is 2. The van der Waals surface area contributed by atoms with Crippen LogP contribution in [0.1, 0.15) is 45.4 Å². The van der Waals surface area contributed by atoms with E-state index >= 15 is 0 Å². The summed E-state index contributed by atoms with van der Waals surface area (Å²) >= 11 is 0. The zero-order valence-electron chi connectivity index (χ0n) is 20.5. The molecule has 0 aliphatic carbocycles. The first-order chi connectivity index (χ1) is 17.5. The maximum absolute atomic E-state index is 13.7. The normalized spacial score (nSPS) is 28.6. The van der Waals surface area contributed by atoms with Gasteiger partial charge >= 0.3 is 5.97 Å². The maximum atomic E-state index is 13.7. The Labute approximate surface area is 209 Å². The molecule has 2 unspecified atom stereocenters. The number of likely N-dealkylation sites (tertiary alicyclic amines) is 1. The van der Waals surface area contributed by atoms with Gasteiger partial charge in [0.05, 0.1) is 30.1 Å². The molecule has 1 aromatic carbocycles. The Morgan fingerprint density at radius 1 is 1.25 bits per heavy atom. The highest BCUT2D eigenvalue weighted by atomic mass is 16.6. The summed E-state index contributed by atoms with van der Waals surface area (Å²) in [5.74, 6) is -2.40. The van der Waals surface area contributed by atoms with Crippen LogP contribution in [0.4, 0.5) is 0 Å². The van der Waals surface area contributed by atoms with Crippen LogP contribution >= 0.6 is 0 Å². The molecule has 4 heterocycles. The van der Waals surface area contributed by atoms with Gasteiger partial charge in [0, 0.05) is 13.2 Å². The molecule has 3 aliphatic heterocycles. The number of esters is 1. The van der Waals surface area contributed by atoms with E-state index in [2.05, 4.69) is 15.6 Å². The van der Waals surface area contributed by atoms with E-state index in [4.69, 9.17) is 14.6 Å². The standard InChI is InChI=1S/C25H33N5O6/c1-2-35-24(34)19-18-11-12-25(36-18)20(19)23(33)29(13-7-3-4-8-14-31)21(25)22(32)26-15-30-17-10-6-5-9-16(17)27-28-30/h5-6,9-10,18-21,31H,2-4,7-8,11-15H2,1H3,(H,26,32)/t18-,19+,20-,21?,25?/m0/s1. The van der Waals surface area contributed by atoms with Crippen molar-refractivity contribution in [2.24, 2.45) is 11.8 Å². The van der Waals surface area contributed by atoms with Crippen LogP contribution in [0.5, 0.6) is 0 Å². The third kappa shape index (κ3) is 4.03. The Balaban J connectivity index is 1.38. The predicted octanol–water partition coefficient (Wildman–Crippen LogP) is 0.995. The number of aliphatic hydroxyl groups excluding tert-OH is 1. The van der Waals surface area contributed by atoms with E-state index < -0.39 is 35.6 Å². The topological polar surface area (TPSA) is 136 Å². The van der Waals surface area contributed by atoms with E-state index in [-0.39, 0.29) is 31.7 Å². The van der Waals surface area contributed by atoms with Crippen molar-refractivity contribution in [3.8, 4) is 0 Å². The van der Waals surface area contributed by atoms with Crippen molar-refractivity contribution in [3.05, 3.63) is 24.3 Å². The quantitative estimate of drug-likeness (QED) is 0.345. The Hall–Kier alpha value is -3.05. The number of aliphatic hydroxyl groups is 1. The molecule has 3 saturated heterocycles. The fourth-order valence-electron chi connectivity index (χ4n) is 6.23. The van der Waals surface area contributed by atoms with Crippen molar-refractivity contribution < 1.29 is 29.0 Å². The third-order valence-electron chi connectivity index (χ3n) is 7.74. The van der Waals surface area contributed by atoms with Crippen molar-refractivity contribution >= 4 is 28.8 Å². The fraction of sp³-hybridized carbons (Fsp3) is 0.640. The Bertz CT molecular complexity index is 1140. The molecule has 1 spiro atoms. The number of rotatable bonds is 11. The average molecular weight is 500 g/mol. The fourth-order valence-corrected chi connectivity index (χ4v) is 6.23. The molecule has 5 rings (SSSR count). The lowest BCUT2D eigenvalue weighted by Gasteiger charge is -2.33. The molecule has 1 aromatic heterocycles. The smallest absolute Gasteiger partial charge is 0.312 e. The molecule has 11 heteroatoms. The summed E-state index contributed by atoms with van der Waals surface area (Å²) in [5.41, 5.74) is 0.470. The molecule has 3 aliphatic rings. The molecule has 3 fully saturated rings. The number of carbonyl (C=O) groups is 3. The molecule has 36 heavy (non-hydrogen) atoms. The molecule has 11 nitrogen and oxygen atoms in total. The van der Waals surface area contributed by atoms with Crippen molar-refractivity contribution in [2.45, 2.75) is 69.9 Å². The van der Waals surface area contributed by atoms with Crippen LogP contribution in [0.15, 0.2) is 24.3 Å². The summed E-state index contributed by atoms with van der Waals surface area (Å²) in [6, 6.07) is 6.63. The van der Waals surface area contributed by atoms with Crippen molar-refractivity contribution in [2.75, 3.05) is 19.8 Å². The Morgan fingerprint density at radius 3 is 2.86 bits per heavy atom. The van der Waals surface area contributed by atoms with E-state index in [9.17, 15) is 14.4 Å². The highest BCUT2D eigenvalue weighted by Gasteiger charge is 2.74. The van der Waals surface area contributed by atoms with Gasteiger partial charge in [0.15, 0.2) is 0 Å². The van der Waals surface area contributed by atoms with Crippen LogP contribution in [0.25, 0.3) is 11.0 Å². The minimum absolute atomic E-state index is 0.0971. The monoisotopic (exact) mass is 499 g/mol. The lowest BCUT2D eigenvalue weighted by atomic mass is 9.71. The molecule has 194 valence electrons. The van der Waals surface area contributed by atoms with Crippen molar-refractivity contribution in [1.29, 1.82) is 0 Å². The van der Waals surface area contributed by atoms with Gasteiger partial charge in [-0.2, -0.15) is 0 Å². The zero-order chi connectivity index (χ0) is 25.3. The maximum Gasteiger partial charge on any atom is 0.312 e. The van der Waals surface area contributed by atoms with Gasteiger partial charge in [0.25, 0.3) is 0 Å². The van der Waals surface area contributed by atoms with Crippen LogP contribution in [-0.4, -0.2) is 80.3 Å². The number of hydrogen-bond acceptors (Lipinski definition) is 8. The molecular weight excluding hydrogens is 466 g/mol. The molecule has 2 aromatic rings. The Morgan fingerprint density at radius 2 is 2.06 bits per heavy atom. The number of nitrogens with one attached hydrogen (secondary N) is 1. The molecule has 0 saturated carbocycles. The lowest BCUT2D eigenvalue weighted by molar-refractivity contribution is -0.154. The van der Waals surface area contributed by atoms with Gasteiger partial charge in [-0.15, -0.1) is 5.10 Å². The van der Waals surface area contributed by atoms with Gasteiger partial charge in [-0.05, 0) is 44.7 Å². The van der Waals surface area contributed by atoms with E-state index in [0.29, 0.717) is 32.2 Å². The number of unbranched alkanes of at least 4 members (excludes halogenated alkanes) is 3. The third-order valence-corrected chi connectivity index (χ3v) is 7.74.